The van der Waals surface area contributed by atoms with E-state index in [1.807, 2.05) is 26.0 Å². The van der Waals surface area contributed by atoms with Crippen LogP contribution in [-0.4, -0.2) is 54.4 Å². The smallest absolute Gasteiger partial charge is 0.253 e. The van der Waals surface area contributed by atoms with Crippen molar-refractivity contribution in [3.8, 4) is 5.75 Å². The molecule has 1 heterocycles. The molecule has 6 heteroatoms. The normalized spacial score (nSPS) is 14.1. The van der Waals surface area contributed by atoms with E-state index in [0.717, 1.165) is 11.3 Å². The predicted octanol–water partition coefficient (Wildman–Crippen LogP) is 3.20. The zero-order valence-electron chi connectivity index (χ0n) is 16.3. The summed E-state index contributed by atoms with van der Waals surface area (Å²) in [6.07, 6.45) is 0.305. The maximum Gasteiger partial charge on any atom is 0.253 e. The van der Waals surface area contributed by atoms with Gasteiger partial charge in [0.25, 0.3) is 5.91 Å². The van der Waals surface area contributed by atoms with Gasteiger partial charge in [-0.2, -0.15) is 0 Å². The van der Waals surface area contributed by atoms with E-state index in [1.54, 1.807) is 9.80 Å². The summed E-state index contributed by atoms with van der Waals surface area (Å²) in [5.41, 5.74) is 2.69. The highest BCUT2D eigenvalue weighted by atomic mass is 19.1. The SMILES string of the molecule is Cc1ccc(OCCC(=O)N2CCN(C(=O)c3ccc(F)cc3)CC2)c(C)c1. The molecule has 0 aromatic heterocycles. The van der Waals surface area contributed by atoms with Gasteiger partial charge in [-0.3, -0.25) is 9.59 Å². The third-order valence-corrected chi connectivity index (χ3v) is 4.91. The van der Waals surface area contributed by atoms with E-state index >= 15 is 0 Å². The van der Waals surface area contributed by atoms with E-state index in [4.69, 9.17) is 4.74 Å². The molecule has 0 aliphatic carbocycles. The van der Waals surface area contributed by atoms with Crippen LogP contribution in [0.25, 0.3) is 0 Å². The van der Waals surface area contributed by atoms with Crippen LogP contribution in [0.4, 0.5) is 4.39 Å². The summed E-state index contributed by atoms with van der Waals surface area (Å²) in [5.74, 6) is 0.326. The van der Waals surface area contributed by atoms with E-state index in [-0.39, 0.29) is 17.6 Å². The first kappa shape index (κ1) is 19.9. The lowest BCUT2D eigenvalue weighted by molar-refractivity contribution is -0.133. The summed E-state index contributed by atoms with van der Waals surface area (Å²) in [7, 11) is 0. The first-order valence-corrected chi connectivity index (χ1v) is 9.47. The molecule has 1 saturated heterocycles. The fourth-order valence-corrected chi connectivity index (χ4v) is 3.30. The number of nitrogens with zero attached hydrogens (tertiary/aromatic N) is 2. The second-order valence-corrected chi connectivity index (χ2v) is 7.05. The highest BCUT2D eigenvalue weighted by Crippen LogP contribution is 2.19. The van der Waals surface area contributed by atoms with Crippen LogP contribution < -0.4 is 4.74 Å². The molecule has 28 heavy (non-hydrogen) atoms. The fraction of sp³-hybridized carbons (Fsp3) is 0.364. The van der Waals surface area contributed by atoms with Gasteiger partial charge in [-0.15, -0.1) is 0 Å². The van der Waals surface area contributed by atoms with Gasteiger partial charge < -0.3 is 14.5 Å². The average Bonchev–Trinajstić information content (AvgIpc) is 2.69. The molecule has 2 aromatic rings. The number of benzene rings is 2. The molecule has 2 amide bonds. The van der Waals surface area contributed by atoms with Crippen molar-refractivity contribution >= 4 is 11.8 Å². The third-order valence-electron chi connectivity index (χ3n) is 4.91. The van der Waals surface area contributed by atoms with E-state index in [1.165, 1.54) is 29.8 Å². The van der Waals surface area contributed by atoms with Crippen LogP contribution in [0.5, 0.6) is 5.75 Å². The topological polar surface area (TPSA) is 49.9 Å². The second-order valence-electron chi connectivity index (χ2n) is 7.05. The minimum atomic E-state index is -0.366. The molecule has 3 rings (SSSR count). The van der Waals surface area contributed by atoms with Gasteiger partial charge in [-0.25, -0.2) is 4.39 Å². The number of carbonyl (C=O) groups is 2. The lowest BCUT2D eigenvalue weighted by Crippen LogP contribution is -2.50. The molecule has 0 spiro atoms. The summed E-state index contributed by atoms with van der Waals surface area (Å²) in [6.45, 7) is 6.28. The molecule has 148 valence electrons. The zero-order chi connectivity index (χ0) is 20.1. The molecule has 0 unspecified atom stereocenters. The van der Waals surface area contributed by atoms with Gasteiger partial charge in [0.2, 0.25) is 5.91 Å². The van der Waals surface area contributed by atoms with Crippen LogP contribution in [0.3, 0.4) is 0 Å². The summed E-state index contributed by atoms with van der Waals surface area (Å²) in [4.78, 5) is 28.3. The number of ether oxygens (including phenoxy) is 1. The minimum absolute atomic E-state index is 0.0265. The molecule has 0 bridgehead atoms. The maximum atomic E-state index is 13.0. The Bertz CT molecular complexity index is 843. The van der Waals surface area contributed by atoms with Gasteiger partial charge in [-0.05, 0) is 49.7 Å². The van der Waals surface area contributed by atoms with Crippen LogP contribution >= 0.6 is 0 Å². The van der Waals surface area contributed by atoms with Crippen LogP contribution in [0.1, 0.15) is 27.9 Å². The van der Waals surface area contributed by atoms with E-state index in [9.17, 15) is 14.0 Å². The Balaban J connectivity index is 1.44. The van der Waals surface area contributed by atoms with Crippen molar-refractivity contribution in [1.82, 2.24) is 9.80 Å². The van der Waals surface area contributed by atoms with Crippen LogP contribution in [-0.2, 0) is 4.79 Å². The fourth-order valence-electron chi connectivity index (χ4n) is 3.30. The van der Waals surface area contributed by atoms with E-state index in [2.05, 4.69) is 6.07 Å². The Kier molecular flexibility index (Phi) is 6.29. The number of halogens is 1. The summed E-state index contributed by atoms with van der Waals surface area (Å²) < 4.78 is 18.7. The van der Waals surface area contributed by atoms with E-state index in [0.29, 0.717) is 44.8 Å². The van der Waals surface area contributed by atoms with Gasteiger partial charge in [0.1, 0.15) is 11.6 Å². The van der Waals surface area contributed by atoms with Gasteiger partial charge >= 0.3 is 0 Å². The van der Waals surface area contributed by atoms with Crippen LogP contribution in [0.2, 0.25) is 0 Å². The average molecular weight is 384 g/mol. The molecule has 2 aromatic carbocycles. The minimum Gasteiger partial charge on any atom is -0.493 e. The molecule has 0 radical (unpaired) electrons. The second kappa shape index (κ2) is 8.87. The first-order chi connectivity index (χ1) is 13.4. The largest absolute Gasteiger partial charge is 0.493 e. The number of rotatable bonds is 5. The Labute approximate surface area is 164 Å². The van der Waals surface area contributed by atoms with Crippen LogP contribution in [0, 0.1) is 19.7 Å². The van der Waals surface area contributed by atoms with Gasteiger partial charge in [0.15, 0.2) is 0 Å². The monoisotopic (exact) mass is 384 g/mol. The van der Waals surface area contributed by atoms with Crippen molar-refractivity contribution in [1.29, 1.82) is 0 Å². The lowest BCUT2D eigenvalue weighted by Gasteiger charge is -2.35. The van der Waals surface area contributed by atoms with Crippen molar-refractivity contribution in [2.24, 2.45) is 0 Å². The third kappa shape index (κ3) is 4.88. The van der Waals surface area contributed by atoms with Gasteiger partial charge in [0.05, 0.1) is 13.0 Å². The van der Waals surface area contributed by atoms with E-state index < -0.39 is 0 Å². The molecule has 1 fully saturated rings. The highest BCUT2D eigenvalue weighted by molar-refractivity contribution is 5.94. The number of aryl methyl sites for hydroxylation is 2. The summed E-state index contributed by atoms with van der Waals surface area (Å²) in [5, 5.41) is 0. The maximum absolute atomic E-state index is 13.0. The molecular formula is C22H25FN2O3. The number of amides is 2. The molecule has 0 N–H and O–H groups in total. The highest BCUT2D eigenvalue weighted by Gasteiger charge is 2.24. The lowest BCUT2D eigenvalue weighted by atomic mass is 10.1. The van der Waals surface area contributed by atoms with Gasteiger partial charge in [-0.1, -0.05) is 17.7 Å². The molecule has 1 aliphatic heterocycles. The molecule has 0 saturated carbocycles. The predicted molar refractivity (Wildman–Crippen MR) is 105 cm³/mol. The zero-order valence-corrected chi connectivity index (χ0v) is 16.3. The summed E-state index contributed by atoms with van der Waals surface area (Å²) in [6, 6.07) is 11.5. The number of hydrogen-bond acceptors (Lipinski definition) is 3. The molecular weight excluding hydrogens is 359 g/mol. The van der Waals surface area contributed by atoms with Crippen molar-refractivity contribution in [2.75, 3.05) is 32.8 Å². The number of hydrogen-bond donors (Lipinski definition) is 0. The Morgan fingerprint density at radius 3 is 2.25 bits per heavy atom. The number of carbonyl (C=O) groups excluding carboxylic acids is 2. The van der Waals surface area contributed by atoms with Crippen molar-refractivity contribution < 1.29 is 18.7 Å². The van der Waals surface area contributed by atoms with Gasteiger partial charge in [0, 0.05) is 31.7 Å². The summed E-state index contributed by atoms with van der Waals surface area (Å²) >= 11 is 0. The standard InChI is InChI=1S/C22H25FN2O3/c1-16-3-8-20(17(2)15-16)28-14-9-21(26)24-10-12-25(13-11-24)22(27)18-4-6-19(23)7-5-18/h3-8,15H,9-14H2,1-2H3. The quantitative estimate of drug-likeness (QED) is 0.796. The first-order valence-electron chi connectivity index (χ1n) is 9.47. The molecule has 1 aliphatic rings. The Morgan fingerprint density at radius 1 is 0.964 bits per heavy atom. The van der Waals surface area contributed by atoms with Crippen molar-refractivity contribution in [3.05, 3.63) is 65.0 Å². The van der Waals surface area contributed by atoms with Crippen molar-refractivity contribution in [3.63, 3.8) is 0 Å². The molecule has 5 nitrogen and oxygen atoms in total. The van der Waals surface area contributed by atoms with Crippen molar-refractivity contribution in [2.45, 2.75) is 20.3 Å². The Morgan fingerprint density at radius 2 is 1.61 bits per heavy atom. The Hall–Kier alpha value is -2.89. The number of piperazine rings is 1. The van der Waals surface area contributed by atoms with Crippen LogP contribution in [0.15, 0.2) is 42.5 Å². The molecule has 0 atom stereocenters.